The number of anilines is 1. The van der Waals surface area contributed by atoms with E-state index in [1.54, 1.807) is 0 Å². The zero-order chi connectivity index (χ0) is 21.8. The van der Waals surface area contributed by atoms with Crippen LogP contribution in [0.3, 0.4) is 0 Å². The van der Waals surface area contributed by atoms with Crippen LogP contribution in [-0.2, 0) is 11.3 Å². The third-order valence-electron chi connectivity index (χ3n) is 5.54. The molecule has 7 nitrogen and oxygen atoms in total. The van der Waals surface area contributed by atoms with E-state index in [1.807, 2.05) is 0 Å². The first-order chi connectivity index (χ1) is 15.0. The topological polar surface area (TPSA) is 78.7 Å². The van der Waals surface area contributed by atoms with E-state index < -0.39 is 4.92 Å². The monoisotopic (exact) mass is 438 g/mol. The molecule has 0 bridgehead atoms. The normalized spacial score (nSPS) is 15.1. The number of fused-ring (bicyclic) bond motifs is 1. The van der Waals surface area contributed by atoms with Gasteiger partial charge >= 0.3 is 0 Å². The quantitative estimate of drug-likeness (QED) is 0.462. The molecule has 0 aromatic heterocycles. The maximum Gasteiger partial charge on any atom is 0.271 e. The summed E-state index contributed by atoms with van der Waals surface area (Å²) in [7, 11) is 0. The first-order valence-corrected chi connectivity index (χ1v) is 10.5. The second-order valence-electron chi connectivity index (χ2n) is 7.66. The van der Waals surface area contributed by atoms with E-state index in [0.717, 1.165) is 32.7 Å². The standard InChI is InChI=1S/C23H23ClN4O3/c24-21-9-8-19(28(30)31)14-22(21)25-23(29)16-27-12-10-26(11-13-27)15-18-6-3-5-17-4-1-2-7-20(17)18/h1-9,14H,10-13,15-16H2,(H,25,29). The van der Waals surface area contributed by atoms with Crippen LogP contribution >= 0.6 is 11.6 Å². The zero-order valence-corrected chi connectivity index (χ0v) is 17.7. The lowest BCUT2D eigenvalue weighted by Crippen LogP contribution is -2.48. The predicted molar refractivity (Wildman–Crippen MR) is 122 cm³/mol. The number of nitrogens with one attached hydrogen (secondary N) is 1. The van der Waals surface area contributed by atoms with Gasteiger partial charge in [0.15, 0.2) is 0 Å². The molecule has 1 fully saturated rings. The van der Waals surface area contributed by atoms with E-state index in [9.17, 15) is 14.9 Å². The summed E-state index contributed by atoms with van der Waals surface area (Å²) in [5.41, 5.74) is 1.46. The van der Waals surface area contributed by atoms with Gasteiger partial charge in [0.25, 0.3) is 5.69 Å². The number of hydrogen-bond donors (Lipinski definition) is 1. The van der Waals surface area contributed by atoms with Gasteiger partial charge in [0.05, 0.1) is 22.2 Å². The summed E-state index contributed by atoms with van der Waals surface area (Å²) in [6.45, 7) is 4.40. The van der Waals surface area contributed by atoms with E-state index in [4.69, 9.17) is 11.6 Å². The number of nitro groups is 1. The average molecular weight is 439 g/mol. The third kappa shape index (κ3) is 5.19. The van der Waals surface area contributed by atoms with Gasteiger partial charge in [-0.3, -0.25) is 24.7 Å². The smallest absolute Gasteiger partial charge is 0.271 e. The molecule has 31 heavy (non-hydrogen) atoms. The number of carbonyl (C=O) groups is 1. The molecular formula is C23H23ClN4O3. The van der Waals surface area contributed by atoms with Crippen LogP contribution in [0.25, 0.3) is 10.8 Å². The Morgan fingerprint density at radius 2 is 1.71 bits per heavy atom. The van der Waals surface area contributed by atoms with Gasteiger partial charge in [-0.05, 0) is 22.4 Å². The summed E-state index contributed by atoms with van der Waals surface area (Å²) in [4.78, 5) is 27.3. The number of nitro benzene ring substituents is 1. The molecule has 0 radical (unpaired) electrons. The Bertz CT molecular complexity index is 1110. The molecule has 1 aliphatic heterocycles. The fraction of sp³-hybridized carbons (Fsp3) is 0.261. The molecule has 160 valence electrons. The lowest BCUT2D eigenvalue weighted by Gasteiger charge is -2.34. The molecule has 4 rings (SSSR count). The van der Waals surface area contributed by atoms with Gasteiger partial charge in [0.1, 0.15) is 0 Å². The van der Waals surface area contributed by atoms with Crippen LogP contribution in [0, 0.1) is 10.1 Å². The Morgan fingerprint density at radius 3 is 2.48 bits per heavy atom. The van der Waals surface area contributed by atoms with Crippen molar-refractivity contribution in [2.75, 3.05) is 38.0 Å². The van der Waals surface area contributed by atoms with Gasteiger partial charge < -0.3 is 5.32 Å². The zero-order valence-electron chi connectivity index (χ0n) is 17.0. The second kappa shape index (κ2) is 9.43. The van der Waals surface area contributed by atoms with E-state index >= 15 is 0 Å². The molecule has 1 N–H and O–H groups in total. The third-order valence-corrected chi connectivity index (χ3v) is 5.87. The number of rotatable bonds is 6. The van der Waals surface area contributed by atoms with Gasteiger partial charge in [0.2, 0.25) is 5.91 Å². The minimum Gasteiger partial charge on any atom is -0.323 e. The van der Waals surface area contributed by atoms with Crippen LogP contribution in [-0.4, -0.2) is 53.4 Å². The molecule has 8 heteroatoms. The van der Waals surface area contributed by atoms with E-state index in [-0.39, 0.29) is 28.8 Å². The van der Waals surface area contributed by atoms with Crippen molar-refractivity contribution < 1.29 is 9.72 Å². The van der Waals surface area contributed by atoms with Crippen molar-refractivity contribution in [3.8, 4) is 0 Å². The first kappa shape index (κ1) is 21.2. The molecule has 0 aliphatic carbocycles. The van der Waals surface area contributed by atoms with Crippen LogP contribution in [0.5, 0.6) is 0 Å². The lowest BCUT2D eigenvalue weighted by atomic mass is 10.0. The van der Waals surface area contributed by atoms with Crippen molar-refractivity contribution in [2.24, 2.45) is 0 Å². The highest BCUT2D eigenvalue weighted by atomic mass is 35.5. The molecule has 1 heterocycles. The number of halogens is 1. The number of benzene rings is 3. The maximum atomic E-state index is 12.4. The molecule has 0 saturated carbocycles. The fourth-order valence-electron chi connectivity index (χ4n) is 3.89. The second-order valence-corrected chi connectivity index (χ2v) is 8.07. The molecule has 1 amide bonds. The largest absolute Gasteiger partial charge is 0.323 e. The molecular weight excluding hydrogens is 416 g/mol. The van der Waals surface area contributed by atoms with Crippen LogP contribution < -0.4 is 5.32 Å². The van der Waals surface area contributed by atoms with Crippen LogP contribution in [0.2, 0.25) is 5.02 Å². The number of carbonyl (C=O) groups excluding carboxylic acids is 1. The summed E-state index contributed by atoms with van der Waals surface area (Å²) in [5, 5.41) is 16.4. The van der Waals surface area contributed by atoms with Gasteiger partial charge in [-0.1, -0.05) is 54.1 Å². The maximum absolute atomic E-state index is 12.4. The van der Waals surface area contributed by atoms with Crippen molar-refractivity contribution in [3.63, 3.8) is 0 Å². The highest BCUT2D eigenvalue weighted by Gasteiger charge is 2.20. The van der Waals surface area contributed by atoms with E-state index in [1.165, 1.54) is 34.5 Å². The van der Waals surface area contributed by atoms with Crippen LogP contribution in [0.1, 0.15) is 5.56 Å². The summed E-state index contributed by atoms with van der Waals surface area (Å²) < 4.78 is 0. The van der Waals surface area contributed by atoms with Crippen LogP contribution in [0.4, 0.5) is 11.4 Å². The molecule has 0 unspecified atom stereocenters. The minimum absolute atomic E-state index is 0.109. The lowest BCUT2D eigenvalue weighted by molar-refractivity contribution is -0.384. The molecule has 0 atom stereocenters. The van der Waals surface area contributed by atoms with E-state index in [0.29, 0.717) is 0 Å². The first-order valence-electron chi connectivity index (χ1n) is 10.1. The molecule has 1 saturated heterocycles. The SMILES string of the molecule is O=C(CN1CCN(Cc2cccc3ccccc23)CC1)Nc1cc([N+](=O)[O-])ccc1Cl. The number of hydrogen-bond acceptors (Lipinski definition) is 5. The van der Waals surface area contributed by atoms with Crippen molar-refractivity contribution >= 4 is 39.7 Å². The minimum atomic E-state index is -0.513. The summed E-state index contributed by atoms with van der Waals surface area (Å²) in [6.07, 6.45) is 0. The van der Waals surface area contributed by atoms with Crippen molar-refractivity contribution in [1.29, 1.82) is 0 Å². The number of amides is 1. The highest BCUT2D eigenvalue weighted by molar-refractivity contribution is 6.33. The van der Waals surface area contributed by atoms with Gasteiger partial charge in [-0.2, -0.15) is 0 Å². The van der Waals surface area contributed by atoms with Crippen LogP contribution in [0.15, 0.2) is 60.7 Å². The fourth-order valence-corrected chi connectivity index (χ4v) is 4.06. The predicted octanol–water partition coefficient (Wildman–Crippen LogP) is 4.16. The van der Waals surface area contributed by atoms with Gasteiger partial charge in [-0.25, -0.2) is 0 Å². The molecule has 3 aromatic carbocycles. The molecule has 1 aliphatic rings. The van der Waals surface area contributed by atoms with Crippen molar-refractivity contribution in [3.05, 3.63) is 81.4 Å². The number of nitrogens with zero attached hydrogens (tertiary/aromatic N) is 3. The van der Waals surface area contributed by atoms with Crippen molar-refractivity contribution in [1.82, 2.24) is 9.80 Å². The average Bonchev–Trinajstić information content (AvgIpc) is 2.77. The Balaban J connectivity index is 1.31. The molecule has 0 spiro atoms. The Kier molecular flexibility index (Phi) is 6.46. The van der Waals surface area contributed by atoms with E-state index in [2.05, 4.69) is 57.6 Å². The Hall–Kier alpha value is -3.00. The highest BCUT2D eigenvalue weighted by Crippen LogP contribution is 2.26. The number of piperazine rings is 1. The summed E-state index contributed by atoms with van der Waals surface area (Å²) in [5.74, 6) is -0.232. The van der Waals surface area contributed by atoms with Crippen molar-refractivity contribution in [2.45, 2.75) is 6.54 Å². The number of non-ortho nitro benzene ring substituents is 1. The summed E-state index contributed by atoms with van der Waals surface area (Å²) in [6, 6.07) is 18.8. The Morgan fingerprint density at radius 1 is 1.00 bits per heavy atom. The van der Waals surface area contributed by atoms with Gasteiger partial charge in [-0.15, -0.1) is 0 Å². The molecule has 3 aromatic rings. The Labute approximate surface area is 185 Å². The summed E-state index contributed by atoms with van der Waals surface area (Å²) >= 11 is 6.07. The van der Waals surface area contributed by atoms with Gasteiger partial charge in [0, 0.05) is 44.9 Å².